The van der Waals surface area contributed by atoms with Crippen molar-refractivity contribution in [3.05, 3.63) is 83.2 Å². The minimum Gasteiger partial charge on any atom is -0.371 e. The Kier molecular flexibility index (Phi) is 9.27. The molecular weight excluding hydrogens is 725 g/mol. The summed E-state index contributed by atoms with van der Waals surface area (Å²) in [5.74, 6) is 0.626. The molecule has 292 valence electrons. The third-order valence-corrected chi connectivity index (χ3v) is 11.6. The number of carbonyl (C=O) groups excluding carboxylic acids is 4. The Hall–Kier alpha value is -6.42. The van der Waals surface area contributed by atoms with Crippen molar-refractivity contribution in [1.29, 1.82) is 0 Å². The number of pyridine rings is 1. The first-order valence-electron chi connectivity index (χ1n) is 19.4. The standard InChI is InChI=1S/C41H44N12O4/c1-24-5-4-6-25(2)35(24)46-36-31-21-43-41(47-37(31)49(3)48-36)44-27-7-11-33(42-20-27)51-17-15-50(16-18-51)22-26-13-14-52(23-26)28-8-9-29-30(19-28)40(57)53(39(29)56)32-10-12-34(54)45-38(32)55/h4-9,11,19-21,26,32H,10,12-18,22-23H2,1-3H3,(H,46,48)(H,43,44,47)(H,45,54,55)/t26-,32?/m0/s1. The molecule has 5 aromatic rings. The van der Waals surface area contributed by atoms with E-state index in [9.17, 15) is 19.2 Å². The van der Waals surface area contributed by atoms with Gasteiger partial charge in [-0.3, -0.25) is 34.3 Å². The molecule has 57 heavy (non-hydrogen) atoms. The Morgan fingerprint density at radius 2 is 1.61 bits per heavy atom. The van der Waals surface area contributed by atoms with Crippen LogP contribution < -0.4 is 25.8 Å². The molecule has 2 aromatic carbocycles. The maximum Gasteiger partial charge on any atom is 0.262 e. The molecule has 0 radical (unpaired) electrons. The Morgan fingerprint density at radius 3 is 2.37 bits per heavy atom. The average Bonchev–Trinajstić information content (AvgIpc) is 3.87. The van der Waals surface area contributed by atoms with Crippen LogP contribution >= 0.6 is 0 Å². The number of carbonyl (C=O) groups is 4. The number of piperazine rings is 1. The van der Waals surface area contributed by atoms with Gasteiger partial charge in [0.1, 0.15) is 11.9 Å². The fourth-order valence-corrected chi connectivity index (χ4v) is 8.49. The Labute approximate surface area is 329 Å². The van der Waals surface area contributed by atoms with E-state index in [0.29, 0.717) is 34.5 Å². The van der Waals surface area contributed by atoms with Crippen LogP contribution in [0.4, 0.5) is 34.6 Å². The van der Waals surface area contributed by atoms with Crippen LogP contribution in [0.5, 0.6) is 0 Å². The molecule has 16 nitrogen and oxygen atoms in total. The van der Waals surface area contributed by atoms with Crippen molar-refractivity contribution in [1.82, 2.24) is 39.8 Å². The zero-order valence-corrected chi connectivity index (χ0v) is 32.2. The number of hydrogen-bond acceptors (Lipinski definition) is 13. The van der Waals surface area contributed by atoms with E-state index in [1.54, 1.807) is 23.0 Å². The van der Waals surface area contributed by atoms with Gasteiger partial charge in [0.25, 0.3) is 11.8 Å². The van der Waals surface area contributed by atoms with Gasteiger partial charge in [0.05, 0.1) is 28.4 Å². The van der Waals surface area contributed by atoms with Gasteiger partial charge in [-0.05, 0) is 74.1 Å². The summed E-state index contributed by atoms with van der Waals surface area (Å²) in [6, 6.07) is 14.6. The normalized spacial score (nSPS) is 20.1. The summed E-state index contributed by atoms with van der Waals surface area (Å²) in [6.45, 7) is 10.5. The minimum atomic E-state index is -0.968. The van der Waals surface area contributed by atoms with Crippen molar-refractivity contribution in [2.45, 2.75) is 39.2 Å². The number of nitrogens with one attached hydrogen (secondary N) is 3. The molecule has 4 aliphatic rings. The molecule has 0 aliphatic carbocycles. The summed E-state index contributed by atoms with van der Waals surface area (Å²) in [6.07, 6.45) is 4.87. The minimum absolute atomic E-state index is 0.0959. The number of fused-ring (bicyclic) bond motifs is 2. The van der Waals surface area contributed by atoms with Gasteiger partial charge in [0.2, 0.25) is 17.8 Å². The molecule has 3 aromatic heterocycles. The molecule has 1 unspecified atom stereocenters. The van der Waals surface area contributed by atoms with Crippen LogP contribution in [0.3, 0.4) is 0 Å². The molecule has 0 bridgehead atoms. The van der Waals surface area contributed by atoms with Crippen LogP contribution in [0.15, 0.2) is 60.9 Å². The van der Waals surface area contributed by atoms with E-state index >= 15 is 0 Å². The van der Waals surface area contributed by atoms with Crippen molar-refractivity contribution in [3.63, 3.8) is 0 Å². The van der Waals surface area contributed by atoms with E-state index < -0.39 is 23.8 Å². The maximum atomic E-state index is 13.4. The second kappa shape index (κ2) is 14.6. The number of amides is 4. The largest absolute Gasteiger partial charge is 0.371 e. The quantitative estimate of drug-likeness (QED) is 0.185. The van der Waals surface area contributed by atoms with Gasteiger partial charge in [-0.15, -0.1) is 0 Å². The summed E-state index contributed by atoms with van der Waals surface area (Å²) < 4.78 is 1.75. The fourth-order valence-electron chi connectivity index (χ4n) is 8.49. The van der Waals surface area contributed by atoms with Crippen LogP contribution in [0.2, 0.25) is 0 Å². The third-order valence-electron chi connectivity index (χ3n) is 11.6. The molecule has 3 N–H and O–H groups in total. The second-order valence-electron chi connectivity index (χ2n) is 15.4. The lowest BCUT2D eigenvalue weighted by Crippen LogP contribution is -2.54. The maximum absolute atomic E-state index is 13.4. The SMILES string of the molecule is Cc1cccc(C)c1Nc1nn(C)c2nc(Nc3ccc(N4CCN(C[C@@H]5CCN(c6ccc7c(c6)C(=O)N(C6CCC(=O)NC6=O)C7=O)C5)CC4)nc3)ncc12. The van der Waals surface area contributed by atoms with Crippen LogP contribution in [-0.4, -0.2) is 110 Å². The topological polar surface area (TPSA) is 174 Å². The number of para-hydroxylation sites is 1. The molecular formula is C41H44N12O4. The highest BCUT2D eigenvalue weighted by Crippen LogP contribution is 2.33. The van der Waals surface area contributed by atoms with Crippen molar-refractivity contribution in [2.24, 2.45) is 13.0 Å². The van der Waals surface area contributed by atoms with Gasteiger partial charge < -0.3 is 20.4 Å². The van der Waals surface area contributed by atoms with E-state index in [1.807, 2.05) is 37.5 Å². The number of rotatable bonds is 9. The summed E-state index contributed by atoms with van der Waals surface area (Å²) in [5.41, 5.74) is 6.34. The van der Waals surface area contributed by atoms with Gasteiger partial charge in [-0.2, -0.15) is 10.1 Å². The number of nitrogens with zero attached hydrogens (tertiary/aromatic N) is 9. The molecule has 16 heteroatoms. The molecule has 0 spiro atoms. The number of anilines is 6. The first-order valence-corrected chi connectivity index (χ1v) is 19.4. The van der Waals surface area contributed by atoms with Crippen LogP contribution in [-0.2, 0) is 16.6 Å². The summed E-state index contributed by atoms with van der Waals surface area (Å²) in [5, 5.41) is 14.5. The highest BCUT2D eigenvalue weighted by atomic mass is 16.2. The Balaban J connectivity index is 0.766. The van der Waals surface area contributed by atoms with Crippen LogP contribution in [0.25, 0.3) is 11.0 Å². The Morgan fingerprint density at radius 1 is 0.825 bits per heavy atom. The average molecular weight is 769 g/mol. The number of imide groups is 2. The molecule has 7 heterocycles. The molecule has 4 aliphatic heterocycles. The summed E-state index contributed by atoms with van der Waals surface area (Å²) >= 11 is 0. The lowest BCUT2D eigenvalue weighted by Gasteiger charge is -2.36. The van der Waals surface area contributed by atoms with E-state index in [-0.39, 0.29) is 18.7 Å². The third kappa shape index (κ3) is 6.90. The smallest absolute Gasteiger partial charge is 0.262 e. The van der Waals surface area contributed by atoms with Crippen LogP contribution in [0.1, 0.15) is 51.1 Å². The van der Waals surface area contributed by atoms with Crippen molar-refractivity contribution in [2.75, 3.05) is 66.2 Å². The van der Waals surface area contributed by atoms with Crippen molar-refractivity contribution < 1.29 is 19.2 Å². The Bertz CT molecular complexity index is 2400. The monoisotopic (exact) mass is 768 g/mol. The molecule has 3 fully saturated rings. The molecule has 2 atom stereocenters. The van der Waals surface area contributed by atoms with Crippen molar-refractivity contribution in [3.8, 4) is 0 Å². The molecule has 9 rings (SSSR count). The number of aromatic nitrogens is 5. The fraction of sp³-hybridized carbons (Fsp3) is 0.366. The molecule has 4 amide bonds. The number of hydrogen-bond donors (Lipinski definition) is 3. The van der Waals surface area contributed by atoms with Gasteiger partial charge >= 0.3 is 0 Å². The van der Waals surface area contributed by atoms with E-state index in [2.05, 4.69) is 66.7 Å². The highest BCUT2D eigenvalue weighted by molar-refractivity contribution is 6.23. The zero-order chi connectivity index (χ0) is 39.4. The summed E-state index contributed by atoms with van der Waals surface area (Å²) in [7, 11) is 1.87. The highest BCUT2D eigenvalue weighted by Gasteiger charge is 2.45. The molecule has 0 saturated carbocycles. The number of piperidine rings is 1. The predicted octanol–water partition coefficient (Wildman–Crippen LogP) is 3.91. The van der Waals surface area contributed by atoms with Crippen molar-refractivity contribution >= 4 is 69.3 Å². The predicted molar refractivity (Wildman–Crippen MR) is 215 cm³/mol. The lowest BCUT2D eigenvalue weighted by molar-refractivity contribution is -0.136. The van der Waals surface area contributed by atoms with Gasteiger partial charge in [0, 0.05) is 76.9 Å². The van der Waals surface area contributed by atoms with Gasteiger partial charge in [-0.25, -0.2) is 14.6 Å². The first-order chi connectivity index (χ1) is 27.6. The summed E-state index contributed by atoms with van der Waals surface area (Å²) in [4.78, 5) is 72.8. The van der Waals surface area contributed by atoms with E-state index in [4.69, 9.17) is 9.97 Å². The van der Waals surface area contributed by atoms with E-state index in [0.717, 1.165) is 96.5 Å². The van der Waals surface area contributed by atoms with Crippen LogP contribution in [0, 0.1) is 19.8 Å². The number of aryl methyl sites for hydroxylation is 3. The first kappa shape index (κ1) is 36.2. The van der Waals surface area contributed by atoms with Gasteiger partial charge in [0.15, 0.2) is 11.5 Å². The molecule has 3 saturated heterocycles. The van der Waals surface area contributed by atoms with E-state index in [1.165, 1.54) is 0 Å². The zero-order valence-electron chi connectivity index (χ0n) is 32.2. The number of benzene rings is 2. The second-order valence-corrected chi connectivity index (χ2v) is 15.4. The lowest BCUT2D eigenvalue weighted by atomic mass is 10.0. The van der Waals surface area contributed by atoms with Gasteiger partial charge in [-0.1, -0.05) is 18.2 Å².